The first-order chi connectivity index (χ1) is 12.5. The third-order valence-electron chi connectivity index (χ3n) is 4.97. The van der Waals surface area contributed by atoms with Crippen LogP contribution in [0.15, 0.2) is 34.9 Å². The lowest BCUT2D eigenvalue weighted by molar-refractivity contribution is -0.129. The van der Waals surface area contributed by atoms with Crippen molar-refractivity contribution in [3.8, 4) is 11.3 Å². The molecule has 134 valence electrons. The van der Waals surface area contributed by atoms with E-state index in [2.05, 4.69) is 9.97 Å². The number of aromatic carboxylic acids is 1. The second-order valence-corrected chi connectivity index (χ2v) is 6.56. The second kappa shape index (κ2) is 6.33. The van der Waals surface area contributed by atoms with Crippen LogP contribution in [0.5, 0.6) is 0 Å². The molecule has 0 spiro atoms. The maximum Gasteiger partial charge on any atom is 0.358 e. The fourth-order valence-corrected chi connectivity index (χ4v) is 3.54. The monoisotopic (exact) mass is 353 g/mol. The molecule has 1 fully saturated rings. The Morgan fingerprint density at radius 3 is 2.69 bits per heavy atom. The average Bonchev–Trinajstić information content (AvgIpc) is 3.26. The molecule has 2 N–H and O–H groups in total. The number of aromatic amines is 1. The molecule has 0 radical (unpaired) electrons. The van der Waals surface area contributed by atoms with Crippen LogP contribution < -0.4 is 0 Å². The number of aromatic nitrogens is 2. The molecule has 1 aliphatic rings. The van der Waals surface area contributed by atoms with Crippen LogP contribution in [0.25, 0.3) is 22.2 Å². The maximum atomic E-state index is 11.7. The van der Waals surface area contributed by atoms with Crippen LogP contribution in [0, 0.1) is 0 Å². The standard InChI is InChI=1S/C19H19N3O4/c1-11(23)22-8-6-12(7-9-22)18-21-16(19(24)25)17(26-18)14-10-20-15-5-3-2-4-13(14)15/h2-5,10,12,20H,6-9H2,1H3,(H,24,25). The van der Waals surface area contributed by atoms with Gasteiger partial charge in [-0.25, -0.2) is 9.78 Å². The van der Waals surface area contributed by atoms with Gasteiger partial charge in [0, 0.05) is 48.6 Å². The zero-order valence-corrected chi connectivity index (χ0v) is 14.4. The first kappa shape index (κ1) is 16.4. The molecule has 3 aromatic rings. The van der Waals surface area contributed by atoms with Gasteiger partial charge in [-0.05, 0) is 18.9 Å². The van der Waals surface area contributed by atoms with E-state index in [-0.39, 0.29) is 23.3 Å². The van der Waals surface area contributed by atoms with Crippen LogP contribution >= 0.6 is 0 Å². The Labute approximate surface area is 149 Å². The van der Waals surface area contributed by atoms with E-state index >= 15 is 0 Å². The van der Waals surface area contributed by atoms with Crippen molar-refractivity contribution in [3.63, 3.8) is 0 Å². The molecule has 4 rings (SSSR count). The van der Waals surface area contributed by atoms with E-state index in [0.717, 1.165) is 10.9 Å². The lowest BCUT2D eigenvalue weighted by Gasteiger charge is -2.29. The number of amides is 1. The first-order valence-electron chi connectivity index (χ1n) is 8.60. The Morgan fingerprint density at radius 1 is 1.27 bits per heavy atom. The minimum absolute atomic E-state index is 0.0163. The molecule has 7 heteroatoms. The van der Waals surface area contributed by atoms with Gasteiger partial charge in [-0.3, -0.25) is 4.79 Å². The number of nitrogens with zero attached hydrogens (tertiary/aromatic N) is 2. The summed E-state index contributed by atoms with van der Waals surface area (Å²) in [6.07, 6.45) is 3.18. The van der Waals surface area contributed by atoms with E-state index in [1.165, 1.54) is 0 Å². The molecule has 1 amide bonds. The minimum Gasteiger partial charge on any atom is -0.476 e. The summed E-state index contributed by atoms with van der Waals surface area (Å²) in [5.41, 5.74) is 1.53. The zero-order valence-electron chi connectivity index (χ0n) is 14.4. The third kappa shape index (κ3) is 2.75. The van der Waals surface area contributed by atoms with E-state index < -0.39 is 5.97 Å². The number of likely N-dealkylation sites (tertiary alicyclic amines) is 1. The Balaban J connectivity index is 1.70. The fraction of sp³-hybridized carbons (Fsp3) is 0.316. The molecule has 3 heterocycles. The van der Waals surface area contributed by atoms with Gasteiger partial charge in [-0.15, -0.1) is 0 Å². The molecule has 0 unspecified atom stereocenters. The van der Waals surface area contributed by atoms with Crippen LogP contribution in [0.2, 0.25) is 0 Å². The van der Waals surface area contributed by atoms with Crippen LogP contribution in [-0.2, 0) is 4.79 Å². The predicted octanol–water partition coefficient (Wildman–Crippen LogP) is 3.25. The minimum atomic E-state index is -1.11. The number of H-pyrrole nitrogens is 1. The molecule has 0 aliphatic carbocycles. The zero-order chi connectivity index (χ0) is 18.3. The van der Waals surface area contributed by atoms with Gasteiger partial charge >= 0.3 is 5.97 Å². The van der Waals surface area contributed by atoms with Crippen molar-refractivity contribution in [3.05, 3.63) is 42.0 Å². The Bertz CT molecular complexity index is 980. The number of para-hydroxylation sites is 1. The number of benzene rings is 1. The largest absolute Gasteiger partial charge is 0.476 e. The Kier molecular flexibility index (Phi) is 3.99. The number of carbonyl (C=O) groups excluding carboxylic acids is 1. The van der Waals surface area contributed by atoms with E-state index in [0.29, 0.717) is 37.4 Å². The molecular formula is C19H19N3O4. The molecule has 26 heavy (non-hydrogen) atoms. The number of hydrogen-bond acceptors (Lipinski definition) is 4. The smallest absolute Gasteiger partial charge is 0.358 e. The van der Waals surface area contributed by atoms with Crippen molar-refractivity contribution < 1.29 is 19.1 Å². The van der Waals surface area contributed by atoms with Gasteiger partial charge in [0.2, 0.25) is 5.91 Å². The highest BCUT2D eigenvalue weighted by molar-refractivity contribution is 6.00. The highest BCUT2D eigenvalue weighted by Crippen LogP contribution is 2.36. The summed E-state index contributed by atoms with van der Waals surface area (Å²) in [7, 11) is 0. The third-order valence-corrected chi connectivity index (χ3v) is 4.97. The molecule has 0 bridgehead atoms. The summed E-state index contributed by atoms with van der Waals surface area (Å²) < 4.78 is 5.95. The molecule has 0 saturated carbocycles. The number of nitrogens with one attached hydrogen (secondary N) is 1. The molecule has 2 aromatic heterocycles. The van der Waals surface area contributed by atoms with Crippen molar-refractivity contribution in [2.45, 2.75) is 25.7 Å². The van der Waals surface area contributed by atoms with Crippen LogP contribution in [0.1, 0.15) is 42.1 Å². The number of carbonyl (C=O) groups is 2. The van der Waals surface area contributed by atoms with Crippen LogP contribution in [0.3, 0.4) is 0 Å². The van der Waals surface area contributed by atoms with Crippen molar-refractivity contribution in [1.29, 1.82) is 0 Å². The van der Waals surface area contributed by atoms with Crippen molar-refractivity contribution >= 4 is 22.8 Å². The van der Waals surface area contributed by atoms with Crippen molar-refractivity contribution in [1.82, 2.24) is 14.9 Å². The fourth-order valence-electron chi connectivity index (χ4n) is 3.54. The van der Waals surface area contributed by atoms with E-state index in [1.54, 1.807) is 18.0 Å². The quantitative estimate of drug-likeness (QED) is 0.753. The summed E-state index contributed by atoms with van der Waals surface area (Å²) in [5, 5.41) is 10.5. The second-order valence-electron chi connectivity index (χ2n) is 6.56. The van der Waals surface area contributed by atoms with Crippen LogP contribution in [-0.4, -0.2) is 44.9 Å². The van der Waals surface area contributed by atoms with Gasteiger partial charge < -0.3 is 19.4 Å². The number of hydrogen-bond donors (Lipinski definition) is 2. The Morgan fingerprint density at radius 2 is 2.00 bits per heavy atom. The number of carboxylic acid groups (broad SMARTS) is 1. The van der Waals surface area contributed by atoms with Crippen molar-refractivity contribution in [2.24, 2.45) is 0 Å². The predicted molar refractivity (Wildman–Crippen MR) is 95.0 cm³/mol. The number of rotatable bonds is 3. The number of carboxylic acids is 1. The summed E-state index contributed by atoms with van der Waals surface area (Å²) in [4.78, 5) is 32.4. The van der Waals surface area contributed by atoms with Gasteiger partial charge in [0.1, 0.15) is 0 Å². The Hall–Kier alpha value is -3.09. The van der Waals surface area contributed by atoms with Crippen LogP contribution in [0.4, 0.5) is 0 Å². The molecular weight excluding hydrogens is 334 g/mol. The van der Waals surface area contributed by atoms with E-state index in [4.69, 9.17) is 4.42 Å². The lowest BCUT2D eigenvalue weighted by atomic mass is 9.97. The maximum absolute atomic E-state index is 11.7. The SMILES string of the molecule is CC(=O)N1CCC(c2nc(C(=O)O)c(-c3c[nH]c4ccccc34)o2)CC1. The lowest BCUT2D eigenvalue weighted by Crippen LogP contribution is -2.36. The summed E-state index contributed by atoms with van der Waals surface area (Å²) >= 11 is 0. The summed E-state index contributed by atoms with van der Waals surface area (Å²) in [6.45, 7) is 2.82. The van der Waals surface area contributed by atoms with Gasteiger partial charge in [-0.1, -0.05) is 18.2 Å². The van der Waals surface area contributed by atoms with Gasteiger partial charge in [0.25, 0.3) is 0 Å². The highest BCUT2D eigenvalue weighted by atomic mass is 16.4. The molecule has 1 aromatic carbocycles. The number of fused-ring (bicyclic) bond motifs is 1. The van der Waals surface area contributed by atoms with Gasteiger partial charge in [0.15, 0.2) is 17.3 Å². The van der Waals surface area contributed by atoms with Gasteiger partial charge in [0.05, 0.1) is 0 Å². The first-order valence-corrected chi connectivity index (χ1v) is 8.60. The summed E-state index contributed by atoms with van der Waals surface area (Å²) in [6, 6.07) is 7.65. The summed E-state index contributed by atoms with van der Waals surface area (Å²) in [5.74, 6) is -0.324. The highest BCUT2D eigenvalue weighted by Gasteiger charge is 2.29. The van der Waals surface area contributed by atoms with Gasteiger partial charge in [-0.2, -0.15) is 0 Å². The molecule has 1 aliphatic heterocycles. The van der Waals surface area contributed by atoms with E-state index in [9.17, 15) is 14.7 Å². The molecule has 0 atom stereocenters. The molecule has 7 nitrogen and oxygen atoms in total. The number of piperidine rings is 1. The topological polar surface area (TPSA) is 99.4 Å². The average molecular weight is 353 g/mol. The normalized spacial score (nSPS) is 15.5. The van der Waals surface area contributed by atoms with Crippen molar-refractivity contribution in [2.75, 3.05) is 13.1 Å². The number of oxazole rings is 1. The van der Waals surface area contributed by atoms with E-state index in [1.807, 2.05) is 24.3 Å². The molecule has 1 saturated heterocycles.